The number of nitrogens with zero attached hydrogens (tertiary/aromatic N) is 4. The summed E-state index contributed by atoms with van der Waals surface area (Å²) in [4.78, 5) is 32.3. The number of urea groups is 2. The quantitative estimate of drug-likeness (QED) is 0.765. The minimum atomic E-state index is -3.66. The molecule has 1 aromatic heterocycles. The number of imide groups is 1. The molecule has 4 amide bonds. The number of pyridine rings is 1. The highest BCUT2D eigenvalue weighted by Crippen LogP contribution is 2.38. The van der Waals surface area contributed by atoms with E-state index in [2.05, 4.69) is 4.98 Å². The second kappa shape index (κ2) is 6.66. The molecule has 2 bridgehead atoms. The lowest BCUT2D eigenvalue weighted by Crippen LogP contribution is -2.54. The lowest BCUT2D eigenvalue weighted by atomic mass is 10.00. The van der Waals surface area contributed by atoms with Gasteiger partial charge in [0.2, 0.25) is 15.9 Å². The number of aromatic nitrogens is 1. The van der Waals surface area contributed by atoms with Crippen molar-refractivity contribution in [3.63, 3.8) is 0 Å². The maximum absolute atomic E-state index is 13.0. The first kappa shape index (κ1) is 18.0. The number of ether oxygens (including phenoxy) is 1. The van der Waals surface area contributed by atoms with Crippen LogP contribution in [-0.2, 0) is 10.0 Å². The normalized spacial score (nSPS) is 28.0. The van der Waals surface area contributed by atoms with Gasteiger partial charge in [-0.15, -0.1) is 0 Å². The summed E-state index contributed by atoms with van der Waals surface area (Å²) >= 11 is 0. The lowest BCUT2D eigenvalue weighted by Gasteiger charge is -2.39. The number of amides is 4. The van der Waals surface area contributed by atoms with Gasteiger partial charge in [-0.2, -0.15) is 0 Å². The third-order valence-electron chi connectivity index (χ3n) is 5.44. The van der Waals surface area contributed by atoms with Crippen LogP contribution < -0.4 is 4.74 Å². The lowest BCUT2D eigenvalue weighted by molar-refractivity contribution is 0.0580. The summed E-state index contributed by atoms with van der Waals surface area (Å²) < 4.78 is 30.1. The fourth-order valence-corrected chi connectivity index (χ4v) is 5.06. The van der Waals surface area contributed by atoms with Crippen molar-refractivity contribution in [2.24, 2.45) is 0 Å². The Morgan fingerprint density at radius 2 is 1.89 bits per heavy atom. The highest BCUT2D eigenvalue weighted by atomic mass is 32.2. The summed E-state index contributed by atoms with van der Waals surface area (Å²) in [5, 5.41) is 0. The van der Waals surface area contributed by atoms with Gasteiger partial charge in [-0.25, -0.2) is 32.2 Å². The van der Waals surface area contributed by atoms with Gasteiger partial charge in [-0.3, -0.25) is 0 Å². The van der Waals surface area contributed by atoms with Crippen molar-refractivity contribution >= 4 is 22.1 Å². The molecule has 0 N–H and O–H groups in total. The third-order valence-corrected chi connectivity index (χ3v) is 6.58. The Kier molecular flexibility index (Phi) is 4.45. The van der Waals surface area contributed by atoms with Crippen LogP contribution in [0.1, 0.15) is 25.7 Å². The zero-order valence-electron chi connectivity index (χ0n) is 15.0. The molecular formula is C17H22N4O5S. The molecule has 0 aromatic carbocycles. The predicted octanol–water partition coefficient (Wildman–Crippen LogP) is 1.27. The van der Waals surface area contributed by atoms with Gasteiger partial charge in [0.25, 0.3) is 0 Å². The summed E-state index contributed by atoms with van der Waals surface area (Å²) in [5.41, 5.74) is 0. The average molecular weight is 394 g/mol. The number of carbonyl (C=O) groups is 2. The molecule has 27 heavy (non-hydrogen) atoms. The van der Waals surface area contributed by atoms with E-state index in [1.165, 1.54) is 0 Å². The molecule has 3 fully saturated rings. The van der Waals surface area contributed by atoms with Crippen molar-refractivity contribution in [3.05, 3.63) is 24.4 Å². The molecule has 2 atom stereocenters. The number of piperidine rings is 1. The first-order chi connectivity index (χ1) is 12.8. The van der Waals surface area contributed by atoms with Gasteiger partial charge in [-0.05, 0) is 18.9 Å². The van der Waals surface area contributed by atoms with E-state index >= 15 is 0 Å². The highest BCUT2D eigenvalue weighted by Gasteiger charge is 2.48. The third kappa shape index (κ3) is 3.33. The van der Waals surface area contributed by atoms with E-state index < -0.39 is 22.1 Å². The Morgan fingerprint density at radius 1 is 1.19 bits per heavy atom. The standard InChI is InChI=1S/C17H22N4O5S/c1-27(24,25)20-9-8-19(16(20)22)17(23)21-12-5-6-13(21)11-14(10-12)26-15-4-2-3-7-18-15/h2-4,7,12-14H,5-6,8-11H2,1H3. The summed E-state index contributed by atoms with van der Waals surface area (Å²) in [5.74, 6) is 0.570. The Balaban J connectivity index is 1.44. The van der Waals surface area contributed by atoms with E-state index in [0.29, 0.717) is 18.7 Å². The van der Waals surface area contributed by atoms with Crippen LogP contribution in [0.4, 0.5) is 9.59 Å². The van der Waals surface area contributed by atoms with Crippen molar-refractivity contribution in [3.8, 4) is 5.88 Å². The second-order valence-corrected chi connectivity index (χ2v) is 9.13. The zero-order valence-corrected chi connectivity index (χ0v) is 15.8. The topological polar surface area (TPSA) is 100 Å². The summed E-state index contributed by atoms with van der Waals surface area (Å²) in [6.45, 7) is 0.104. The van der Waals surface area contributed by atoms with Gasteiger partial charge >= 0.3 is 12.1 Å². The zero-order chi connectivity index (χ0) is 19.2. The van der Waals surface area contributed by atoms with E-state index in [1.54, 1.807) is 11.1 Å². The van der Waals surface area contributed by atoms with Gasteiger partial charge in [0, 0.05) is 37.2 Å². The number of sulfonamides is 1. The molecule has 4 heterocycles. The summed E-state index contributed by atoms with van der Waals surface area (Å²) in [7, 11) is -3.66. The number of fused-ring (bicyclic) bond motifs is 2. The van der Waals surface area contributed by atoms with Gasteiger partial charge in [-0.1, -0.05) is 6.07 Å². The van der Waals surface area contributed by atoms with Crippen LogP contribution in [0.2, 0.25) is 0 Å². The molecular weight excluding hydrogens is 372 g/mol. The van der Waals surface area contributed by atoms with Crippen molar-refractivity contribution < 1.29 is 22.7 Å². The van der Waals surface area contributed by atoms with Crippen LogP contribution in [-0.4, -0.2) is 77.1 Å². The fraction of sp³-hybridized carbons (Fsp3) is 0.588. The molecule has 146 valence electrons. The van der Waals surface area contributed by atoms with E-state index in [-0.39, 0.29) is 31.3 Å². The average Bonchev–Trinajstić information content (AvgIpc) is 3.13. The van der Waals surface area contributed by atoms with Crippen molar-refractivity contribution in [1.29, 1.82) is 0 Å². The largest absolute Gasteiger partial charge is 0.474 e. The molecule has 3 saturated heterocycles. The van der Waals surface area contributed by atoms with E-state index in [1.807, 2.05) is 18.2 Å². The van der Waals surface area contributed by atoms with Gasteiger partial charge in [0.15, 0.2) is 0 Å². The molecule has 4 rings (SSSR count). The first-order valence-electron chi connectivity index (χ1n) is 9.04. The van der Waals surface area contributed by atoms with Crippen LogP contribution in [0.15, 0.2) is 24.4 Å². The van der Waals surface area contributed by atoms with E-state index in [4.69, 9.17) is 4.74 Å². The molecule has 1 aromatic rings. The maximum atomic E-state index is 13.0. The van der Waals surface area contributed by atoms with E-state index in [9.17, 15) is 18.0 Å². The minimum Gasteiger partial charge on any atom is -0.474 e. The molecule has 0 spiro atoms. The smallest absolute Gasteiger partial charge is 0.341 e. The first-order valence-corrected chi connectivity index (χ1v) is 10.9. The Labute approximate surface area is 157 Å². The van der Waals surface area contributed by atoms with Crippen molar-refractivity contribution in [2.45, 2.75) is 43.9 Å². The number of carbonyl (C=O) groups excluding carboxylic acids is 2. The number of hydrogen-bond acceptors (Lipinski definition) is 6. The fourth-order valence-electron chi connectivity index (χ4n) is 4.26. The molecule has 3 aliphatic rings. The molecule has 3 aliphatic heterocycles. The van der Waals surface area contributed by atoms with Crippen LogP contribution in [0, 0.1) is 0 Å². The number of rotatable bonds is 3. The Morgan fingerprint density at radius 3 is 2.44 bits per heavy atom. The van der Waals surface area contributed by atoms with Gasteiger partial charge in [0.05, 0.1) is 19.3 Å². The van der Waals surface area contributed by atoms with Crippen LogP contribution in [0.3, 0.4) is 0 Å². The molecule has 0 radical (unpaired) electrons. The predicted molar refractivity (Wildman–Crippen MR) is 95.6 cm³/mol. The van der Waals surface area contributed by atoms with Gasteiger partial charge < -0.3 is 9.64 Å². The number of hydrogen-bond donors (Lipinski definition) is 0. The monoisotopic (exact) mass is 394 g/mol. The molecule has 0 saturated carbocycles. The van der Waals surface area contributed by atoms with Crippen molar-refractivity contribution in [1.82, 2.24) is 19.1 Å². The van der Waals surface area contributed by atoms with Crippen LogP contribution in [0.5, 0.6) is 5.88 Å². The SMILES string of the molecule is CS(=O)(=O)N1CCN(C(=O)N2C3CCC2CC(Oc2ccccn2)C3)C1=O. The second-order valence-electron chi connectivity index (χ2n) is 7.22. The summed E-state index contributed by atoms with van der Waals surface area (Å²) in [6.07, 6.45) is 5.70. The minimum absolute atomic E-state index is 0.00922. The highest BCUT2D eigenvalue weighted by molar-refractivity contribution is 7.88. The summed E-state index contributed by atoms with van der Waals surface area (Å²) in [6, 6.07) is 4.33. The molecule has 9 nitrogen and oxygen atoms in total. The maximum Gasteiger partial charge on any atom is 0.341 e. The Hall–Kier alpha value is -2.36. The van der Waals surface area contributed by atoms with Crippen LogP contribution >= 0.6 is 0 Å². The Bertz CT molecular complexity index is 832. The molecule has 0 aliphatic carbocycles. The van der Waals surface area contributed by atoms with E-state index in [0.717, 1.165) is 28.3 Å². The van der Waals surface area contributed by atoms with Crippen LogP contribution in [0.25, 0.3) is 0 Å². The van der Waals surface area contributed by atoms with Gasteiger partial charge in [0.1, 0.15) is 6.10 Å². The molecule has 10 heteroatoms. The van der Waals surface area contributed by atoms with Crippen molar-refractivity contribution in [2.75, 3.05) is 19.3 Å². The molecule has 2 unspecified atom stereocenters.